The summed E-state index contributed by atoms with van der Waals surface area (Å²) in [5.74, 6) is -1.15. The first-order valence-electron chi connectivity index (χ1n) is 7.63. The Balaban J connectivity index is 1.97. The molecule has 1 unspecified atom stereocenters. The predicted molar refractivity (Wildman–Crippen MR) is 85.5 cm³/mol. The van der Waals surface area contributed by atoms with Crippen LogP contribution in [-0.2, 0) is 17.8 Å². The Hall–Kier alpha value is -2.90. The molecule has 0 saturated carbocycles. The van der Waals surface area contributed by atoms with Gasteiger partial charge in [-0.05, 0) is 19.4 Å². The van der Waals surface area contributed by atoms with Gasteiger partial charge in [0, 0.05) is 19.0 Å². The van der Waals surface area contributed by atoms with Crippen LogP contribution in [0.2, 0.25) is 0 Å². The first kappa shape index (κ1) is 17.5. The van der Waals surface area contributed by atoms with E-state index in [1.807, 2.05) is 44.2 Å². The summed E-state index contributed by atoms with van der Waals surface area (Å²) in [6, 6.07) is 9.12. The lowest BCUT2D eigenvalue weighted by atomic mass is 10.1. The molecule has 1 heterocycles. The third kappa shape index (κ3) is 4.31. The number of hydrogen-bond acceptors (Lipinski definition) is 5. The van der Waals surface area contributed by atoms with Crippen molar-refractivity contribution in [3.63, 3.8) is 0 Å². The molecule has 1 aromatic heterocycles. The minimum atomic E-state index is -1.15. The molecule has 1 aromatic carbocycles. The molecule has 0 aliphatic heterocycles. The molecule has 24 heavy (non-hydrogen) atoms. The van der Waals surface area contributed by atoms with E-state index >= 15 is 0 Å². The van der Waals surface area contributed by atoms with Gasteiger partial charge >= 0.3 is 12.1 Å². The number of benzene rings is 1. The molecule has 1 amide bonds. The zero-order valence-corrected chi connectivity index (χ0v) is 13.6. The fourth-order valence-electron chi connectivity index (χ4n) is 2.38. The summed E-state index contributed by atoms with van der Waals surface area (Å²) in [4.78, 5) is 24.9. The van der Waals surface area contributed by atoms with Gasteiger partial charge in [0.25, 0.3) is 0 Å². The Bertz CT molecular complexity index is 686. The number of amides is 1. The Morgan fingerprint density at radius 1 is 1.29 bits per heavy atom. The topological polar surface area (TPSA) is 108 Å². The van der Waals surface area contributed by atoms with Gasteiger partial charge < -0.3 is 14.7 Å². The predicted octanol–water partition coefficient (Wildman–Crippen LogP) is 2.09. The number of hydrogen-bond donors (Lipinski definition) is 2. The van der Waals surface area contributed by atoms with E-state index in [0.29, 0.717) is 12.2 Å². The summed E-state index contributed by atoms with van der Waals surface area (Å²) < 4.78 is 5.33. The van der Waals surface area contributed by atoms with E-state index < -0.39 is 12.1 Å². The van der Waals surface area contributed by atoms with Crippen molar-refractivity contribution >= 4 is 12.1 Å². The van der Waals surface area contributed by atoms with Crippen molar-refractivity contribution in [2.45, 2.75) is 32.9 Å². The molecule has 8 heteroatoms. The van der Waals surface area contributed by atoms with Gasteiger partial charge in [0.2, 0.25) is 0 Å². The molecule has 0 fully saturated rings. The molecule has 0 bridgehead atoms. The Morgan fingerprint density at radius 2 is 2.00 bits per heavy atom. The van der Waals surface area contributed by atoms with E-state index in [4.69, 9.17) is 9.84 Å². The summed E-state index contributed by atoms with van der Waals surface area (Å²) in [5, 5.41) is 18.8. The number of carbonyl (C=O) groups excluding carboxylic acids is 1. The van der Waals surface area contributed by atoms with Crippen LogP contribution in [-0.4, -0.2) is 50.1 Å². The van der Waals surface area contributed by atoms with Gasteiger partial charge in [-0.25, -0.2) is 9.59 Å². The molecule has 0 saturated heterocycles. The lowest BCUT2D eigenvalue weighted by Crippen LogP contribution is -2.40. The van der Waals surface area contributed by atoms with Gasteiger partial charge in [0.1, 0.15) is 6.61 Å². The maximum absolute atomic E-state index is 12.3. The first-order valence-corrected chi connectivity index (χ1v) is 7.63. The zero-order chi connectivity index (χ0) is 17.5. The quantitative estimate of drug-likeness (QED) is 0.803. The normalized spacial score (nSPS) is 11.8. The van der Waals surface area contributed by atoms with Crippen LogP contribution in [0.25, 0.3) is 0 Å². The van der Waals surface area contributed by atoms with Crippen molar-refractivity contribution in [2.75, 3.05) is 6.54 Å². The minimum absolute atomic E-state index is 0.129. The average molecular weight is 332 g/mol. The lowest BCUT2D eigenvalue weighted by molar-refractivity contribution is 0.0688. The van der Waals surface area contributed by atoms with Gasteiger partial charge in [-0.2, -0.15) is 10.3 Å². The average Bonchev–Trinajstić information content (AvgIpc) is 3.03. The van der Waals surface area contributed by atoms with Crippen molar-refractivity contribution in [2.24, 2.45) is 0 Å². The largest absolute Gasteiger partial charge is 0.476 e. The summed E-state index contributed by atoms with van der Waals surface area (Å²) >= 11 is 0. The third-order valence-electron chi connectivity index (χ3n) is 3.62. The highest BCUT2D eigenvalue weighted by molar-refractivity contribution is 5.86. The highest BCUT2D eigenvalue weighted by Gasteiger charge is 2.24. The number of carbonyl (C=O) groups is 2. The smallest absolute Gasteiger partial charge is 0.410 e. The van der Waals surface area contributed by atoms with Crippen LogP contribution in [0, 0.1) is 0 Å². The first-order chi connectivity index (χ1) is 11.5. The van der Waals surface area contributed by atoms with Crippen molar-refractivity contribution in [1.29, 1.82) is 0 Å². The van der Waals surface area contributed by atoms with Crippen LogP contribution < -0.4 is 0 Å². The van der Waals surface area contributed by atoms with Crippen LogP contribution in [0.4, 0.5) is 4.79 Å². The highest BCUT2D eigenvalue weighted by Crippen LogP contribution is 2.12. The zero-order valence-electron chi connectivity index (χ0n) is 13.6. The third-order valence-corrected chi connectivity index (χ3v) is 3.62. The number of aromatic nitrogens is 3. The number of nitrogens with one attached hydrogen (secondary N) is 1. The second kappa shape index (κ2) is 8.09. The van der Waals surface area contributed by atoms with E-state index in [9.17, 15) is 9.59 Å². The van der Waals surface area contributed by atoms with Crippen molar-refractivity contribution in [1.82, 2.24) is 20.3 Å². The molecule has 128 valence electrons. The van der Waals surface area contributed by atoms with Gasteiger partial charge in [-0.15, -0.1) is 5.10 Å². The lowest BCUT2D eigenvalue weighted by Gasteiger charge is -2.26. The standard InChI is InChI=1S/C16H20N4O4/c1-3-20(16(23)24-10-12-7-5-4-6-8-12)11(2)9-13-14(15(21)22)18-19-17-13/h4-8,11H,3,9-10H2,1-2H3,(H,21,22)(H,17,18,19). The molecule has 0 aliphatic rings. The Kier molecular flexibility index (Phi) is 5.89. The van der Waals surface area contributed by atoms with Gasteiger partial charge in [0.05, 0.1) is 5.69 Å². The number of aromatic carboxylic acids is 1. The second-order valence-corrected chi connectivity index (χ2v) is 5.30. The SMILES string of the molecule is CCN(C(=O)OCc1ccccc1)C(C)Cc1n[nH]nc1C(=O)O. The maximum Gasteiger partial charge on any atom is 0.410 e. The Morgan fingerprint density at radius 3 is 2.62 bits per heavy atom. The summed E-state index contributed by atoms with van der Waals surface area (Å²) in [5.41, 5.74) is 1.08. The van der Waals surface area contributed by atoms with Crippen LogP contribution in [0.5, 0.6) is 0 Å². The number of H-pyrrole nitrogens is 1. The van der Waals surface area contributed by atoms with Crippen LogP contribution >= 0.6 is 0 Å². The summed E-state index contributed by atoms with van der Waals surface area (Å²) in [6.45, 7) is 4.27. The van der Waals surface area contributed by atoms with Crippen LogP contribution in [0.1, 0.15) is 35.6 Å². The Labute approximate surface area is 139 Å². The fraction of sp³-hybridized carbons (Fsp3) is 0.375. The van der Waals surface area contributed by atoms with Crippen LogP contribution in [0.15, 0.2) is 30.3 Å². The maximum atomic E-state index is 12.3. The molecule has 0 spiro atoms. The molecule has 1 atom stereocenters. The van der Waals surface area contributed by atoms with Gasteiger partial charge in [0.15, 0.2) is 5.69 Å². The second-order valence-electron chi connectivity index (χ2n) is 5.30. The van der Waals surface area contributed by atoms with Gasteiger partial charge in [-0.3, -0.25) is 0 Å². The number of carboxylic acids is 1. The van der Waals surface area contributed by atoms with Crippen molar-refractivity contribution in [3.8, 4) is 0 Å². The molecule has 2 N–H and O–H groups in total. The molecule has 2 rings (SSSR count). The van der Waals surface area contributed by atoms with Crippen molar-refractivity contribution in [3.05, 3.63) is 47.3 Å². The summed E-state index contributed by atoms with van der Waals surface area (Å²) in [7, 11) is 0. The number of likely N-dealkylation sites (N-methyl/N-ethyl adjacent to an activating group) is 1. The molecule has 8 nitrogen and oxygen atoms in total. The number of carboxylic acid groups (broad SMARTS) is 1. The monoisotopic (exact) mass is 332 g/mol. The highest BCUT2D eigenvalue weighted by atomic mass is 16.6. The molecule has 0 aliphatic carbocycles. The summed E-state index contributed by atoms with van der Waals surface area (Å²) in [6.07, 6.45) is -0.180. The minimum Gasteiger partial charge on any atom is -0.476 e. The van der Waals surface area contributed by atoms with Crippen molar-refractivity contribution < 1.29 is 19.4 Å². The van der Waals surface area contributed by atoms with E-state index in [0.717, 1.165) is 5.56 Å². The number of nitrogens with zero attached hydrogens (tertiary/aromatic N) is 3. The van der Waals surface area contributed by atoms with E-state index in [1.165, 1.54) is 4.90 Å². The molecule has 0 radical (unpaired) electrons. The molecular formula is C16H20N4O4. The van der Waals surface area contributed by atoms with E-state index in [2.05, 4.69) is 15.4 Å². The van der Waals surface area contributed by atoms with E-state index in [-0.39, 0.29) is 24.8 Å². The molecular weight excluding hydrogens is 312 g/mol. The number of ether oxygens (including phenoxy) is 1. The van der Waals surface area contributed by atoms with E-state index in [1.54, 1.807) is 0 Å². The van der Waals surface area contributed by atoms with Crippen LogP contribution in [0.3, 0.4) is 0 Å². The fourth-order valence-corrected chi connectivity index (χ4v) is 2.38. The molecule has 2 aromatic rings. The van der Waals surface area contributed by atoms with Gasteiger partial charge in [-0.1, -0.05) is 30.3 Å². The number of rotatable bonds is 7. The number of aromatic amines is 1.